The average Bonchev–Trinajstić information content (AvgIpc) is 3.61. The van der Waals surface area contributed by atoms with Gasteiger partial charge in [-0.1, -0.05) is 12.1 Å². The number of halogens is 1. The minimum Gasteiger partial charge on any atom is -0.478 e. The maximum Gasteiger partial charge on any atom is 0.335 e. The quantitative estimate of drug-likeness (QED) is 0.245. The highest BCUT2D eigenvalue weighted by Gasteiger charge is 2.24. The number of oxazole rings is 1. The van der Waals surface area contributed by atoms with Gasteiger partial charge in [0.25, 0.3) is 0 Å². The summed E-state index contributed by atoms with van der Waals surface area (Å²) in [5, 5.41) is 9.50. The SMILES string of the molecule is Nc1ccc(COc2cccc(C3CCN(Cc4nc5ccc(C(=O)O)cc5n4Cc4cnco4)CC3)n2)c(F)c1. The number of aromatic nitrogens is 4. The highest BCUT2D eigenvalue weighted by molar-refractivity contribution is 5.92. The van der Waals surface area contributed by atoms with Crippen molar-refractivity contribution in [3.05, 3.63) is 101 Å². The molecule has 0 bridgehead atoms. The number of pyridine rings is 1. The van der Waals surface area contributed by atoms with Crippen molar-refractivity contribution < 1.29 is 23.4 Å². The standard InChI is InChI=1S/C30H29FN6O4/c31-24-13-22(32)6-4-21(24)17-40-29-3-1-2-25(35-29)19-8-10-36(11-9-19)16-28-34-26-7-5-20(30(38)39)12-27(26)37(28)15-23-14-33-18-41-23/h1-7,12-14,18-19H,8-11,15-17,32H2,(H,38,39). The number of likely N-dealkylation sites (tertiary alicyclic amines) is 1. The number of rotatable bonds is 9. The zero-order valence-electron chi connectivity index (χ0n) is 22.2. The van der Waals surface area contributed by atoms with Gasteiger partial charge in [-0.15, -0.1) is 0 Å². The number of ether oxygens (including phenoxy) is 1. The van der Waals surface area contributed by atoms with Crippen LogP contribution in [-0.2, 0) is 19.7 Å². The highest BCUT2D eigenvalue weighted by Crippen LogP contribution is 2.29. The Labute approximate surface area is 235 Å². The molecule has 10 nitrogen and oxygen atoms in total. The number of hydrogen-bond donors (Lipinski definition) is 2. The zero-order chi connectivity index (χ0) is 28.3. The van der Waals surface area contributed by atoms with Gasteiger partial charge in [-0.2, -0.15) is 0 Å². The molecule has 0 spiro atoms. The van der Waals surface area contributed by atoms with E-state index in [-0.39, 0.29) is 18.1 Å². The predicted molar refractivity (Wildman–Crippen MR) is 149 cm³/mol. The van der Waals surface area contributed by atoms with E-state index >= 15 is 0 Å². The Morgan fingerprint density at radius 1 is 1.10 bits per heavy atom. The molecule has 1 aliphatic heterocycles. The van der Waals surface area contributed by atoms with Crippen molar-refractivity contribution in [2.24, 2.45) is 0 Å². The Morgan fingerprint density at radius 3 is 2.71 bits per heavy atom. The van der Waals surface area contributed by atoms with Gasteiger partial charge >= 0.3 is 5.97 Å². The van der Waals surface area contributed by atoms with Crippen LogP contribution in [0.25, 0.3) is 11.0 Å². The summed E-state index contributed by atoms with van der Waals surface area (Å²) in [6, 6.07) is 15.2. The molecular formula is C30H29FN6O4. The monoisotopic (exact) mass is 556 g/mol. The third kappa shape index (κ3) is 5.90. The summed E-state index contributed by atoms with van der Waals surface area (Å²) in [4.78, 5) is 27.5. The first-order valence-corrected chi connectivity index (χ1v) is 13.4. The fourth-order valence-electron chi connectivity index (χ4n) is 5.24. The summed E-state index contributed by atoms with van der Waals surface area (Å²) < 4.78 is 27.4. The summed E-state index contributed by atoms with van der Waals surface area (Å²) >= 11 is 0. The third-order valence-electron chi connectivity index (χ3n) is 7.44. The first kappa shape index (κ1) is 26.5. The van der Waals surface area contributed by atoms with Crippen LogP contribution < -0.4 is 10.5 Å². The molecule has 11 heteroatoms. The number of hydrogen-bond acceptors (Lipinski definition) is 8. The first-order chi connectivity index (χ1) is 19.9. The van der Waals surface area contributed by atoms with Crippen molar-refractivity contribution in [1.29, 1.82) is 0 Å². The molecule has 0 amide bonds. The van der Waals surface area contributed by atoms with Gasteiger partial charge in [0, 0.05) is 28.9 Å². The number of carbonyl (C=O) groups is 1. The van der Waals surface area contributed by atoms with Crippen LogP contribution in [0.2, 0.25) is 0 Å². The van der Waals surface area contributed by atoms with Gasteiger partial charge in [0.2, 0.25) is 5.88 Å². The Morgan fingerprint density at radius 2 is 1.95 bits per heavy atom. The summed E-state index contributed by atoms with van der Waals surface area (Å²) in [5.74, 6) is 0.851. The Balaban J connectivity index is 1.13. The van der Waals surface area contributed by atoms with Crippen LogP contribution in [0.1, 0.15) is 52.0 Å². The fourth-order valence-corrected chi connectivity index (χ4v) is 5.24. The van der Waals surface area contributed by atoms with Gasteiger partial charge in [-0.05, 0) is 62.3 Å². The number of carboxylic acids is 1. The lowest BCUT2D eigenvalue weighted by atomic mass is 9.93. The van der Waals surface area contributed by atoms with Crippen LogP contribution in [0.4, 0.5) is 10.1 Å². The number of nitrogens with zero attached hydrogens (tertiary/aromatic N) is 5. The van der Waals surface area contributed by atoms with Crippen molar-refractivity contribution in [2.75, 3.05) is 18.8 Å². The molecule has 0 saturated carbocycles. The number of aromatic carboxylic acids is 1. The van der Waals surface area contributed by atoms with Crippen molar-refractivity contribution in [2.45, 2.75) is 38.5 Å². The lowest BCUT2D eigenvalue weighted by Gasteiger charge is -2.31. The first-order valence-electron chi connectivity index (χ1n) is 13.4. The average molecular weight is 557 g/mol. The Bertz CT molecular complexity index is 1680. The number of carboxylic acid groups (broad SMARTS) is 1. The number of benzene rings is 2. The second kappa shape index (κ2) is 11.4. The maximum atomic E-state index is 14.1. The van der Waals surface area contributed by atoms with Gasteiger partial charge in [-0.3, -0.25) is 4.90 Å². The third-order valence-corrected chi connectivity index (χ3v) is 7.44. The molecule has 210 valence electrons. The number of piperidine rings is 1. The van der Waals surface area contributed by atoms with Crippen molar-refractivity contribution in [3.63, 3.8) is 0 Å². The van der Waals surface area contributed by atoms with E-state index in [2.05, 4.69) is 9.88 Å². The van der Waals surface area contributed by atoms with E-state index in [0.717, 1.165) is 48.5 Å². The molecule has 0 atom stereocenters. The number of nitrogen functional groups attached to an aromatic ring is 1. The molecule has 3 N–H and O–H groups in total. The fraction of sp³-hybridized carbons (Fsp3) is 0.267. The lowest BCUT2D eigenvalue weighted by Crippen LogP contribution is -2.33. The maximum absolute atomic E-state index is 14.1. The highest BCUT2D eigenvalue weighted by atomic mass is 19.1. The van der Waals surface area contributed by atoms with Gasteiger partial charge in [0.1, 0.15) is 24.0 Å². The second-order valence-corrected chi connectivity index (χ2v) is 10.2. The molecule has 1 aliphatic rings. The summed E-state index contributed by atoms with van der Waals surface area (Å²) in [7, 11) is 0. The largest absolute Gasteiger partial charge is 0.478 e. The topological polar surface area (TPSA) is 133 Å². The molecule has 0 aliphatic carbocycles. The zero-order valence-corrected chi connectivity index (χ0v) is 22.2. The molecule has 6 rings (SSSR count). The summed E-state index contributed by atoms with van der Waals surface area (Å²) in [5.41, 5.74) is 9.07. The summed E-state index contributed by atoms with van der Waals surface area (Å²) in [6.45, 7) is 2.79. The lowest BCUT2D eigenvalue weighted by molar-refractivity contribution is 0.0697. The van der Waals surface area contributed by atoms with Gasteiger partial charge < -0.3 is 24.6 Å². The molecule has 0 radical (unpaired) electrons. The van der Waals surface area contributed by atoms with Crippen LogP contribution in [0.5, 0.6) is 5.88 Å². The van der Waals surface area contributed by atoms with Gasteiger partial charge in [0.15, 0.2) is 6.39 Å². The molecule has 41 heavy (non-hydrogen) atoms. The molecular weight excluding hydrogens is 527 g/mol. The Kier molecular flexibility index (Phi) is 7.34. The molecule has 1 saturated heterocycles. The number of imidazole rings is 1. The van der Waals surface area contributed by atoms with Crippen LogP contribution in [0.15, 0.2) is 71.6 Å². The number of nitrogens with two attached hydrogens (primary N) is 1. The molecule has 4 heterocycles. The number of anilines is 1. The van der Waals surface area contributed by atoms with Crippen LogP contribution in [0, 0.1) is 5.82 Å². The Hall–Kier alpha value is -4.77. The minimum atomic E-state index is -0.983. The van der Waals surface area contributed by atoms with Gasteiger partial charge in [-0.25, -0.2) is 24.1 Å². The van der Waals surface area contributed by atoms with Gasteiger partial charge in [0.05, 0.1) is 35.9 Å². The summed E-state index contributed by atoms with van der Waals surface area (Å²) in [6.07, 6.45) is 4.86. The molecule has 0 unspecified atom stereocenters. The molecule has 5 aromatic rings. The van der Waals surface area contributed by atoms with E-state index in [1.54, 1.807) is 42.6 Å². The second-order valence-electron chi connectivity index (χ2n) is 10.2. The van der Waals surface area contributed by atoms with E-state index in [1.807, 2.05) is 16.7 Å². The normalized spacial score (nSPS) is 14.5. The van der Waals surface area contributed by atoms with Crippen LogP contribution in [-0.4, -0.2) is 48.6 Å². The van der Waals surface area contributed by atoms with E-state index in [1.165, 1.54) is 12.5 Å². The van der Waals surface area contributed by atoms with E-state index in [4.69, 9.17) is 24.9 Å². The molecule has 2 aromatic carbocycles. The minimum absolute atomic E-state index is 0.0735. The predicted octanol–water partition coefficient (Wildman–Crippen LogP) is 4.85. The van der Waals surface area contributed by atoms with E-state index < -0.39 is 11.8 Å². The molecule has 1 fully saturated rings. The smallest absolute Gasteiger partial charge is 0.335 e. The van der Waals surface area contributed by atoms with Crippen molar-refractivity contribution in [1.82, 2.24) is 24.4 Å². The van der Waals surface area contributed by atoms with E-state index in [9.17, 15) is 14.3 Å². The van der Waals surface area contributed by atoms with Crippen LogP contribution >= 0.6 is 0 Å². The van der Waals surface area contributed by atoms with E-state index in [0.29, 0.717) is 36.0 Å². The number of fused-ring (bicyclic) bond motifs is 1. The van der Waals surface area contributed by atoms with Crippen LogP contribution in [0.3, 0.4) is 0 Å². The van der Waals surface area contributed by atoms with Crippen molar-refractivity contribution in [3.8, 4) is 5.88 Å². The molecule has 3 aromatic heterocycles. The van der Waals surface area contributed by atoms with Crippen molar-refractivity contribution >= 4 is 22.7 Å².